The number of anilines is 1. The summed E-state index contributed by atoms with van der Waals surface area (Å²) in [6, 6.07) is 2.23. The minimum atomic E-state index is -0.136. The van der Waals surface area contributed by atoms with E-state index in [1.807, 2.05) is 13.0 Å². The Morgan fingerprint density at radius 2 is 2.28 bits per heavy atom. The van der Waals surface area contributed by atoms with Gasteiger partial charge in [0, 0.05) is 43.2 Å². The van der Waals surface area contributed by atoms with Gasteiger partial charge >= 0.3 is 0 Å². The molecule has 1 aromatic rings. The maximum Gasteiger partial charge on any atom is 0.254 e. The third kappa shape index (κ3) is 3.66. The van der Waals surface area contributed by atoms with Gasteiger partial charge in [-0.1, -0.05) is 12.8 Å². The molecule has 1 aliphatic carbocycles. The van der Waals surface area contributed by atoms with Crippen molar-refractivity contribution in [1.29, 1.82) is 5.41 Å². The van der Waals surface area contributed by atoms with Gasteiger partial charge in [-0.2, -0.15) is 0 Å². The highest BCUT2D eigenvalue weighted by Crippen LogP contribution is 2.28. The topological polar surface area (TPSA) is 116 Å². The van der Waals surface area contributed by atoms with Crippen LogP contribution in [-0.2, 0) is 6.54 Å². The van der Waals surface area contributed by atoms with E-state index in [2.05, 4.69) is 20.9 Å². The quantitative estimate of drug-likeness (QED) is 0.504. The van der Waals surface area contributed by atoms with Gasteiger partial charge in [-0.3, -0.25) is 4.79 Å². The molecule has 3 rings (SSSR count). The maximum atomic E-state index is 12.2. The number of fused-ring (bicyclic) bond motifs is 1. The van der Waals surface area contributed by atoms with Crippen LogP contribution in [0.5, 0.6) is 0 Å². The number of carbonyl (C=O) groups is 1. The second kappa shape index (κ2) is 7.65. The van der Waals surface area contributed by atoms with Crippen LogP contribution in [0.4, 0.5) is 5.82 Å². The summed E-state index contributed by atoms with van der Waals surface area (Å²) >= 11 is 0. The number of rotatable bonds is 6. The van der Waals surface area contributed by atoms with E-state index in [-0.39, 0.29) is 18.0 Å². The summed E-state index contributed by atoms with van der Waals surface area (Å²) in [6.07, 6.45) is 7.34. The number of amides is 1. The van der Waals surface area contributed by atoms with Crippen LogP contribution >= 0.6 is 0 Å². The summed E-state index contributed by atoms with van der Waals surface area (Å²) in [6.45, 7) is 3.20. The smallest absolute Gasteiger partial charge is 0.254 e. The number of pyridine rings is 1. The van der Waals surface area contributed by atoms with Gasteiger partial charge in [-0.15, -0.1) is 0 Å². The first-order chi connectivity index (χ1) is 12.1. The Bertz CT molecular complexity index is 699. The highest BCUT2D eigenvalue weighted by molar-refractivity contribution is 6.13. The van der Waals surface area contributed by atoms with E-state index in [9.17, 15) is 4.79 Å². The lowest BCUT2D eigenvalue weighted by atomic mass is 9.91. The minimum absolute atomic E-state index is 0.117. The average molecular weight is 342 g/mol. The Balaban J connectivity index is 1.97. The molecule has 0 aromatic carbocycles. The monoisotopic (exact) mass is 342 g/mol. The van der Waals surface area contributed by atoms with E-state index in [4.69, 9.17) is 11.1 Å². The summed E-state index contributed by atoms with van der Waals surface area (Å²) in [5, 5.41) is 17.1. The first kappa shape index (κ1) is 17.4. The Morgan fingerprint density at radius 1 is 1.48 bits per heavy atom. The molecule has 2 atom stereocenters. The highest BCUT2D eigenvalue weighted by atomic mass is 16.1. The number of allylic oxidation sites excluding steroid dienone is 1. The van der Waals surface area contributed by atoms with Gasteiger partial charge < -0.3 is 27.1 Å². The van der Waals surface area contributed by atoms with Gasteiger partial charge in [0.15, 0.2) is 0 Å². The molecule has 0 spiro atoms. The highest BCUT2D eigenvalue weighted by Gasteiger charge is 2.28. The van der Waals surface area contributed by atoms with Crippen LogP contribution in [0.15, 0.2) is 12.3 Å². The summed E-state index contributed by atoms with van der Waals surface area (Å²) in [4.78, 5) is 16.9. The standard InChI is InChI=1S/C18H26N6O/c1-2-21-9-12(8-19)17-16-11(10-22-18(16)25)7-15(24-17)23-14-6-4-3-5-13(14)20/h7-9,13-14,19,21H,2-6,10,20H2,1H3,(H,22,25)(H,23,24)/b12-9+,19-8?. The number of carbonyl (C=O) groups excluding carboxylic acids is 1. The molecular weight excluding hydrogens is 316 g/mol. The molecule has 0 radical (unpaired) electrons. The van der Waals surface area contributed by atoms with Crippen molar-refractivity contribution < 1.29 is 4.79 Å². The fourth-order valence-corrected chi connectivity index (χ4v) is 3.46. The fraction of sp³-hybridized carbons (Fsp3) is 0.500. The molecule has 2 unspecified atom stereocenters. The molecule has 2 aliphatic rings. The zero-order valence-corrected chi connectivity index (χ0v) is 14.6. The van der Waals surface area contributed by atoms with Crippen molar-refractivity contribution in [3.05, 3.63) is 29.1 Å². The van der Waals surface area contributed by atoms with Crippen molar-refractivity contribution >= 4 is 23.5 Å². The number of hydrogen-bond acceptors (Lipinski definition) is 6. The zero-order valence-electron chi connectivity index (χ0n) is 14.6. The lowest BCUT2D eigenvalue weighted by molar-refractivity contribution is 0.0965. The van der Waals surface area contributed by atoms with Crippen LogP contribution in [0, 0.1) is 5.41 Å². The summed E-state index contributed by atoms with van der Waals surface area (Å²) < 4.78 is 0. The van der Waals surface area contributed by atoms with Crippen LogP contribution in [0.1, 0.15) is 54.2 Å². The molecule has 7 nitrogen and oxygen atoms in total. The molecule has 2 heterocycles. The summed E-state index contributed by atoms with van der Waals surface area (Å²) in [5.74, 6) is 0.583. The van der Waals surface area contributed by atoms with E-state index >= 15 is 0 Å². The molecule has 1 aromatic heterocycles. The fourth-order valence-electron chi connectivity index (χ4n) is 3.46. The average Bonchev–Trinajstić information content (AvgIpc) is 2.98. The predicted octanol–water partition coefficient (Wildman–Crippen LogP) is 1.61. The van der Waals surface area contributed by atoms with E-state index < -0.39 is 0 Å². The summed E-state index contributed by atoms with van der Waals surface area (Å²) in [5.41, 5.74) is 8.83. The van der Waals surface area contributed by atoms with Crippen molar-refractivity contribution in [2.24, 2.45) is 5.73 Å². The molecule has 1 amide bonds. The largest absolute Gasteiger partial charge is 0.391 e. The Labute approximate surface area is 148 Å². The maximum absolute atomic E-state index is 12.2. The van der Waals surface area contributed by atoms with Gasteiger partial charge in [0.05, 0.1) is 11.3 Å². The molecule has 1 saturated carbocycles. The normalized spacial score (nSPS) is 23.0. The van der Waals surface area contributed by atoms with E-state index in [1.165, 1.54) is 12.6 Å². The van der Waals surface area contributed by atoms with Crippen molar-refractivity contribution in [1.82, 2.24) is 15.6 Å². The molecule has 0 bridgehead atoms. The molecule has 0 saturated heterocycles. The minimum Gasteiger partial charge on any atom is -0.391 e. The Morgan fingerprint density at radius 3 is 3.00 bits per heavy atom. The van der Waals surface area contributed by atoms with Gasteiger partial charge in [-0.25, -0.2) is 4.98 Å². The Hall–Kier alpha value is -2.41. The molecule has 25 heavy (non-hydrogen) atoms. The summed E-state index contributed by atoms with van der Waals surface area (Å²) in [7, 11) is 0. The Kier molecular flexibility index (Phi) is 5.33. The second-order valence-electron chi connectivity index (χ2n) is 6.57. The van der Waals surface area contributed by atoms with Gasteiger partial charge in [-0.05, 0) is 31.4 Å². The number of nitrogens with zero attached hydrogens (tertiary/aromatic N) is 1. The lowest BCUT2D eigenvalue weighted by Crippen LogP contribution is -2.42. The van der Waals surface area contributed by atoms with Crippen LogP contribution in [0.25, 0.3) is 5.57 Å². The molecule has 1 fully saturated rings. The molecular formula is C18H26N6O. The third-order valence-electron chi connectivity index (χ3n) is 4.81. The molecule has 7 heteroatoms. The lowest BCUT2D eigenvalue weighted by Gasteiger charge is -2.30. The van der Waals surface area contributed by atoms with Gasteiger partial charge in [0.25, 0.3) is 5.91 Å². The van der Waals surface area contributed by atoms with Crippen LogP contribution in [0.3, 0.4) is 0 Å². The van der Waals surface area contributed by atoms with Gasteiger partial charge in [0.2, 0.25) is 0 Å². The first-order valence-electron chi connectivity index (χ1n) is 8.92. The molecule has 134 valence electrons. The first-order valence-corrected chi connectivity index (χ1v) is 8.92. The van der Waals surface area contributed by atoms with Crippen molar-refractivity contribution in [2.75, 3.05) is 11.9 Å². The van der Waals surface area contributed by atoms with Crippen LogP contribution < -0.4 is 21.7 Å². The number of aromatic nitrogens is 1. The molecule has 6 N–H and O–H groups in total. The van der Waals surface area contributed by atoms with Crippen molar-refractivity contribution in [3.8, 4) is 0 Å². The molecule has 1 aliphatic heterocycles. The zero-order chi connectivity index (χ0) is 17.8. The van der Waals surface area contributed by atoms with Crippen LogP contribution in [-0.4, -0.2) is 35.7 Å². The predicted molar refractivity (Wildman–Crippen MR) is 99.7 cm³/mol. The van der Waals surface area contributed by atoms with Crippen LogP contribution in [0.2, 0.25) is 0 Å². The van der Waals surface area contributed by atoms with E-state index in [0.717, 1.165) is 37.2 Å². The third-order valence-corrected chi connectivity index (χ3v) is 4.81. The number of nitrogens with two attached hydrogens (primary N) is 1. The number of nitrogens with one attached hydrogen (secondary N) is 4. The van der Waals surface area contributed by atoms with E-state index in [1.54, 1.807) is 6.20 Å². The number of hydrogen-bond donors (Lipinski definition) is 5. The van der Waals surface area contributed by atoms with Gasteiger partial charge in [0.1, 0.15) is 5.82 Å². The SMILES string of the molecule is CCN/C=C(\C=N)c1nc(NC2CCCCC2N)cc2c1C(=O)NC2. The van der Waals surface area contributed by atoms with E-state index in [0.29, 0.717) is 23.4 Å². The second-order valence-corrected chi connectivity index (χ2v) is 6.57. The van der Waals surface area contributed by atoms with Crippen molar-refractivity contribution in [2.45, 2.75) is 51.2 Å². The van der Waals surface area contributed by atoms with Crippen molar-refractivity contribution in [3.63, 3.8) is 0 Å².